The molecule has 0 unspecified atom stereocenters. The topological polar surface area (TPSA) is 140 Å². The monoisotopic (exact) mass is 564 g/mol. The normalized spacial score (nSPS) is 12.0. The van der Waals surface area contributed by atoms with Crippen molar-refractivity contribution in [2.24, 2.45) is 0 Å². The van der Waals surface area contributed by atoms with Crippen LogP contribution in [0.15, 0.2) is 100 Å². The van der Waals surface area contributed by atoms with Crippen molar-refractivity contribution in [2.75, 3.05) is 12.4 Å². The molecule has 10 nitrogen and oxygen atoms in total. The molecular weight excluding hydrogens is 544 g/mol. The van der Waals surface area contributed by atoms with E-state index in [1.807, 2.05) is 6.07 Å². The highest BCUT2D eigenvalue weighted by Gasteiger charge is 2.18. The highest BCUT2D eigenvalue weighted by atomic mass is 32.1. The van der Waals surface area contributed by atoms with Crippen LogP contribution in [0, 0.1) is 21.4 Å². The Bertz CT molecular complexity index is 1970. The van der Waals surface area contributed by atoms with Crippen LogP contribution in [0.5, 0.6) is 5.75 Å². The second-order valence-corrected chi connectivity index (χ2v) is 9.60. The predicted octanol–water partition coefficient (Wildman–Crippen LogP) is 4.22. The quantitative estimate of drug-likeness (QED) is 0.231. The Kier molecular flexibility index (Phi) is 7.58. The molecule has 2 aromatic heterocycles. The van der Waals surface area contributed by atoms with Gasteiger partial charge in [0.1, 0.15) is 28.0 Å². The highest BCUT2D eigenvalue weighted by Crippen LogP contribution is 2.25. The first kappa shape index (κ1) is 26.9. The fraction of sp³-hybridized carbons (Fsp3) is 0.0333. The molecule has 202 valence electrons. The van der Waals surface area contributed by atoms with Crippen LogP contribution in [0.2, 0.25) is 0 Å². The molecular formula is C30H20N4O6S. The molecule has 0 bridgehead atoms. The van der Waals surface area contributed by atoms with E-state index in [2.05, 4.69) is 5.32 Å². The largest absolute Gasteiger partial charge is 0.497 e. The van der Waals surface area contributed by atoms with Gasteiger partial charge < -0.3 is 14.5 Å². The van der Waals surface area contributed by atoms with Gasteiger partial charge in [0.05, 0.1) is 22.3 Å². The number of carbonyl (C=O) groups is 1. The Labute approximate surface area is 236 Å². The maximum Gasteiger partial charge on any atom is 0.273 e. The molecule has 0 saturated carbocycles. The van der Waals surface area contributed by atoms with Crippen molar-refractivity contribution in [1.29, 1.82) is 5.26 Å². The second-order valence-electron chi connectivity index (χ2n) is 8.57. The van der Waals surface area contributed by atoms with E-state index >= 15 is 0 Å². The smallest absolute Gasteiger partial charge is 0.273 e. The van der Waals surface area contributed by atoms with Crippen LogP contribution in [-0.2, 0) is 4.79 Å². The zero-order valence-electron chi connectivity index (χ0n) is 21.4. The van der Waals surface area contributed by atoms with Crippen molar-refractivity contribution in [3.05, 3.63) is 126 Å². The summed E-state index contributed by atoms with van der Waals surface area (Å²) in [4.78, 5) is 37.3. The summed E-state index contributed by atoms with van der Waals surface area (Å²) in [6.45, 7) is 0. The molecule has 5 aromatic rings. The average Bonchev–Trinajstić information content (AvgIpc) is 3.59. The Morgan fingerprint density at radius 3 is 2.39 bits per heavy atom. The summed E-state index contributed by atoms with van der Waals surface area (Å²) in [6, 6.07) is 26.5. The molecule has 3 aromatic carbocycles. The number of nitrogens with one attached hydrogen (secondary N) is 1. The van der Waals surface area contributed by atoms with E-state index in [-0.39, 0.29) is 20.5 Å². The summed E-state index contributed by atoms with van der Waals surface area (Å²) < 4.78 is 12.7. The maximum atomic E-state index is 13.6. The molecule has 5 rings (SSSR count). The van der Waals surface area contributed by atoms with E-state index in [1.54, 1.807) is 78.9 Å². The van der Waals surface area contributed by atoms with Gasteiger partial charge in [-0.2, -0.15) is 5.26 Å². The van der Waals surface area contributed by atoms with Gasteiger partial charge in [0.25, 0.3) is 17.2 Å². The van der Waals surface area contributed by atoms with Gasteiger partial charge in [0, 0.05) is 29.5 Å². The number of nitro groups is 1. The van der Waals surface area contributed by atoms with Crippen molar-refractivity contribution < 1.29 is 18.9 Å². The Morgan fingerprint density at radius 2 is 1.76 bits per heavy atom. The van der Waals surface area contributed by atoms with E-state index in [0.29, 0.717) is 34.2 Å². The van der Waals surface area contributed by atoms with Crippen molar-refractivity contribution >= 4 is 40.3 Å². The fourth-order valence-corrected chi connectivity index (χ4v) is 5.07. The molecule has 1 amide bonds. The van der Waals surface area contributed by atoms with Crippen LogP contribution in [0.3, 0.4) is 0 Å². The fourth-order valence-electron chi connectivity index (χ4n) is 3.99. The molecule has 0 saturated heterocycles. The molecule has 11 heteroatoms. The molecule has 0 aliphatic rings. The van der Waals surface area contributed by atoms with Crippen LogP contribution in [0.25, 0.3) is 28.7 Å². The number of ether oxygens (including phenoxy) is 1. The summed E-state index contributed by atoms with van der Waals surface area (Å²) in [5.41, 5.74) is 0.848. The van der Waals surface area contributed by atoms with Crippen LogP contribution < -0.4 is 24.8 Å². The minimum absolute atomic E-state index is 0.0414. The third-order valence-electron chi connectivity index (χ3n) is 6.00. The van der Waals surface area contributed by atoms with Gasteiger partial charge in [-0.1, -0.05) is 18.2 Å². The summed E-state index contributed by atoms with van der Waals surface area (Å²) in [5, 5.41) is 23.6. The number of rotatable bonds is 7. The summed E-state index contributed by atoms with van der Waals surface area (Å²) in [7, 11) is 1.53. The number of nitriles is 1. The minimum atomic E-state index is -0.673. The third-order valence-corrected chi connectivity index (χ3v) is 7.09. The van der Waals surface area contributed by atoms with Crippen LogP contribution >= 0.6 is 11.3 Å². The van der Waals surface area contributed by atoms with E-state index in [0.717, 1.165) is 11.3 Å². The standard InChI is InChI=1S/C30H20N4O6S/c1-39-23-13-9-20(10-14-23)32-28(35)25(18-31)30-33(21-5-3-2-4-6-21)29(36)27(41-30)17-24-15-16-26(40-24)19-7-11-22(12-8-19)34(37)38/h2-17H,1H3,(H,32,35)/b27-17+,30-25+. The first-order valence-electron chi connectivity index (χ1n) is 12.1. The SMILES string of the molecule is COc1ccc(NC(=O)/C(C#N)=c2/s/c(=C/c3ccc(-c4ccc([N+](=O)[O-])cc4)o3)c(=O)n2-c2ccccc2)cc1. The lowest BCUT2D eigenvalue weighted by molar-refractivity contribution is -0.384. The lowest BCUT2D eigenvalue weighted by Crippen LogP contribution is -2.32. The first-order valence-corrected chi connectivity index (χ1v) is 12.9. The van der Waals surface area contributed by atoms with Gasteiger partial charge >= 0.3 is 0 Å². The molecule has 0 aliphatic carbocycles. The molecule has 1 N–H and O–H groups in total. The van der Waals surface area contributed by atoms with Gasteiger partial charge in [-0.05, 0) is 60.7 Å². The number of thiazole rings is 1. The van der Waals surface area contributed by atoms with Gasteiger partial charge in [0.15, 0.2) is 5.57 Å². The number of para-hydroxylation sites is 1. The number of amides is 1. The number of non-ortho nitro benzene ring substituents is 1. The number of aromatic nitrogens is 1. The average molecular weight is 565 g/mol. The molecule has 0 fully saturated rings. The number of methoxy groups -OCH3 is 1. The number of anilines is 1. The lowest BCUT2D eigenvalue weighted by Gasteiger charge is -2.06. The molecule has 0 spiro atoms. The summed E-state index contributed by atoms with van der Waals surface area (Å²) in [6.07, 6.45) is 1.53. The number of carbonyl (C=O) groups excluding carboxylic acids is 1. The van der Waals surface area contributed by atoms with Gasteiger partial charge in [-0.15, -0.1) is 11.3 Å². The Morgan fingerprint density at radius 1 is 1.05 bits per heavy atom. The number of nitro benzene ring substituents is 1. The first-order chi connectivity index (χ1) is 19.9. The third kappa shape index (κ3) is 5.68. The van der Waals surface area contributed by atoms with Crippen molar-refractivity contribution in [2.45, 2.75) is 0 Å². The number of hydrogen-bond donors (Lipinski definition) is 1. The van der Waals surface area contributed by atoms with Crippen molar-refractivity contribution in [1.82, 2.24) is 4.57 Å². The van der Waals surface area contributed by atoms with Gasteiger partial charge in [-0.3, -0.25) is 24.3 Å². The van der Waals surface area contributed by atoms with Crippen molar-refractivity contribution in [3.63, 3.8) is 0 Å². The molecule has 0 atom stereocenters. The second kappa shape index (κ2) is 11.6. The highest BCUT2D eigenvalue weighted by molar-refractivity contribution is 7.07. The number of nitrogens with zero attached hydrogens (tertiary/aromatic N) is 3. The molecule has 0 radical (unpaired) electrons. The maximum absolute atomic E-state index is 13.6. The van der Waals surface area contributed by atoms with Crippen molar-refractivity contribution in [3.8, 4) is 28.8 Å². The zero-order valence-corrected chi connectivity index (χ0v) is 22.3. The molecule has 2 heterocycles. The lowest BCUT2D eigenvalue weighted by atomic mass is 10.1. The molecule has 0 aliphatic heterocycles. The molecule has 41 heavy (non-hydrogen) atoms. The summed E-state index contributed by atoms with van der Waals surface area (Å²) in [5.74, 6) is 0.742. The zero-order chi connectivity index (χ0) is 28.9. The minimum Gasteiger partial charge on any atom is -0.497 e. The van der Waals surface area contributed by atoms with Gasteiger partial charge in [0.2, 0.25) is 0 Å². The number of furan rings is 1. The number of benzene rings is 3. The van der Waals surface area contributed by atoms with Gasteiger partial charge in [-0.25, -0.2) is 0 Å². The van der Waals surface area contributed by atoms with E-state index < -0.39 is 16.4 Å². The predicted molar refractivity (Wildman–Crippen MR) is 154 cm³/mol. The van der Waals surface area contributed by atoms with Crippen LogP contribution in [0.1, 0.15) is 5.76 Å². The van der Waals surface area contributed by atoms with E-state index in [1.165, 1.54) is 29.9 Å². The van der Waals surface area contributed by atoms with E-state index in [9.17, 15) is 25.0 Å². The van der Waals surface area contributed by atoms with Crippen LogP contribution in [0.4, 0.5) is 11.4 Å². The Balaban J connectivity index is 1.60. The van der Waals surface area contributed by atoms with E-state index in [4.69, 9.17) is 9.15 Å². The summed E-state index contributed by atoms with van der Waals surface area (Å²) >= 11 is 0.983. The number of hydrogen-bond acceptors (Lipinski definition) is 8. The Hall–Kier alpha value is -5.73. The van der Waals surface area contributed by atoms with Crippen LogP contribution in [-0.4, -0.2) is 22.5 Å².